The molecule has 0 aromatic heterocycles. The van der Waals surface area contributed by atoms with Gasteiger partial charge in [-0.3, -0.25) is 0 Å². The Morgan fingerprint density at radius 1 is 0.576 bits per heavy atom. The molecule has 0 aliphatic rings. The van der Waals surface area contributed by atoms with Crippen molar-refractivity contribution in [2.75, 3.05) is 11.9 Å². The first-order valence-electron chi connectivity index (χ1n) is 10.9. The number of rotatable bonds is 6. The number of hydrogen-bond donors (Lipinski definition) is 1. The fraction of sp³-hybridized carbons (Fsp3) is 0.0345. The summed E-state index contributed by atoms with van der Waals surface area (Å²) in [5.74, 6) is 0. The lowest BCUT2D eigenvalue weighted by molar-refractivity contribution is -0.681. The molecule has 1 atom stereocenters. The van der Waals surface area contributed by atoms with Gasteiger partial charge in [0.15, 0.2) is 0 Å². The Morgan fingerprint density at radius 3 is 2.00 bits per heavy atom. The van der Waals surface area contributed by atoms with Crippen molar-refractivity contribution in [3.8, 4) is 0 Å². The molecule has 160 valence electrons. The third-order valence-electron chi connectivity index (χ3n) is 5.97. The molecule has 1 N–H and O–H groups in total. The van der Waals surface area contributed by atoms with E-state index in [1.165, 1.54) is 27.0 Å². The molecule has 0 radical (unpaired) electrons. The van der Waals surface area contributed by atoms with Crippen molar-refractivity contribution >= 4 is 44.9 Å². The molecule has 0 aliphatic carbocycles. The Kier molecular flexibility index (Phi) is 5.66. The lowest BCUT2D eigenvalue weighted by Gasteiger charge is -2.22. The van der Waals surface area contributed by atoms with Crippen molar-refractivity contribution < 1.29 is 4.90 Å². The van der Waals surface area contributed by atoms with Gasteiger partial charge in [-0.1, -0.05) is 48.5 Å². The zero-order valence-electron chi connectivity index (χ0n) is 18.3. The number of para-hydroxylation sites is 1. The van der Waals surface area contributed by atoms with Crippen LogP contribution in [0.3, 0.4) is 0 Å². The smallest absolute Gasteiger partial charge is 0.141 e. The topological polar surface area (TPSA) is 37.1 Å². The number of quaternary nitrogens is 1. The predicted molar refractivity (Wildman–Crippen MR) is 137 cm³/mol. The van der Waals surface area contributed by atoms with Gasteiger partial charge < -0.3 is 4.90 Å². The number of nitroso groups, excluding NO2 is 1. The summed E-state index contributed by atoms with van der Waals surface area (Å²) in [6.07, 6.45) is 0. The molecule has 33 heavy (non-hydrogen) atoms. The van der Waals surface area contributed by atoms with Crippen LogP contribution < -0.4 is 9.80 Å². The van der Waals surface area contributed by atoms with Crippen LogP contribution in [-0.2, 0) is 0 Å². The monoisotopic (exact) mass is 430 g/mol. The third-order valence-corrected chi connectivity index (χ3v) is 5.97. The summed E-state index contributed by atoms with van der Waals surface area (Å²) in [4.78, 5) is 14.2. The summed E-state index contributed by atoms with van der Waals surface area (Å²) < 4.78 is 0. The zero-order valence-corrected chi connectivity index (χ0v) is 18.3. The molecule has 0 saturated heterocycles. The largest absolute Gasteiger partial charge is 0.345 e. The molecule has 0 fully saturated rings. The molecule has 0 heterocycles. The Hall–Kier alpha value is -4.28. The highest BCUT2D eigenvalue weighted by Gasteiger charge is 2.19. The molecule has 1 unspecified atom stereocenters. The first-order chi connectivity index (χ1) is 16.2. The molecule has 0 amide bonds. The molecular formula is C29H24N3O+. The van der Waals surface area contributed by atoms with Gasteiger partial charge in [-0.25, -0.2) is 4.90 Å². The van der Waals surface area contributed by atoms with E-state index in [9.17, 15) is 4.91 Å². The maximum Gasteiger partial charge on any atom is 0.141 e. The molecule has 0 bridgehead atoms. The van der Waals surface area contributed by atoms with Crippen LogP contribution in [0.5, 0.6) is 0 Å². The SMILES string of the molecule is CN(c1ccc([NH+](c2ccccc2)c2ccc3ccccc3c2)cc1)c1cccc(N=O)c1. The van der Waals surface area contributed by atoms with Crippen molar-refractivity contribution in [2.45, 2.75) is 0 Å². The van der Waals surface area contributed by atoms with Crippen LogP contribution in [-0.4, -0.2) is 7.05 Å². The van der Waals surface area contributed by atoms with Crippen LogP contribution in [0.15, 0.2) is 127 Å². The van der Waals surface area contributed by atoms with Gasteiger partial charge in [-0.2, -0.15) is 0 Å². The second-order valence-electron chi connectivity index (χ2n) is 8.02. The molecule has 5 aromatic carbocycles. The fourth-order valence-electron chi connectivity index (χ4n) is 4.21. The summed E-state index contributed by atoms with van der Waals surface area (Å²) in [6, 6.07) is 41.4. The minimum Gasteiger partial charge on any atom is -0.345 e. The van der Waals surface area contributed by atoms with E-state index in [4.69, 9.17) is 0 Å². The van der Waals surface area contributed by atoms with E-state index in [1.807, 2.05) is 25.2 Å². The second kappa shape index (κ2) is 9.07. The molecule has 0 aliphatic heterocycles. The lowest BCUT2D eigenvalue weighted by Crippen LogP contribution is -2.96. The van der Waals surface area contributed by atoms with Crippen molar-refractivity contribution in [1.82, 2.24) is 0 Å². The number of anilines is 2. The average molecular weight is 431 g/mol. The van der Waals surface area contributed by atoms with E-state index in [0.29, 0.717) is 5.69 Å². The van der Waals surface area contributed by atoms with Crippen LogP contribution in [0.1, 0.15) is 0 Å². The van der Waals surface area contributed by atoms with Gasteiger partial charge in [0.1, 0.15) is 22.7 Å². The molecule has 0 spiro atoms. The molecule has 4 heteroatoms. The molecule has 5 aromatic rings. The van der Waals surface area contributed by atoms with Crippen molar-refractivity contribution in [1.29, 1.82) is 0 Å². The number of fused-ring (bicyclic) bond motifs is 1. The van der Waals surface area contributed by atoms with Gasteiger partial charge in [-0.05, 0) is 64.5 Å². The number of nitrogens with one attached hydrogen (secondary N) is 1. The Labute approximate surface area is 193 Å². The van der Waals surface area contributed by atoms with E-state index in [1.54, 1.807) is 12.1 Å². The van der Waals surface area contributed by atoms with Crippen LogP contribution in [0.25, 0.3) is 10.8 Å². The summed E-state index contributed by atoms with van der Waals surface area (Å²) >= 11 is 0. The highest BCUT2D eigenvalue weighted by Crippen LogP contribution is 2.28. The summed E-state index contributed by atoms with van der Waals surface area (Å²) in [5, 5.41) is 5.51. The molecule has 0 saturated carbocycles. The van der Waals surface area contributed by atoms with E-state index < -0.39 is 0 Å². The van der Waals surface area contributed by atoms with E-state index >= 15 is 0 Å². The van der Waals surface area contributed by atoms with Crippen LogP contribution >= 0.6 is 0 Å². The normalized spacial score (nSPS) is 11.8. The number of benzene rings is 5. The lowest BCUT2D eigenvalue weighted by atomic mass is 10.1. The van der Waals surface area contributed by atoms with Crippen molar-refractivity contribution in [3.63, 3.8) is 0 Å². The van der Waals surface area contributed by atoms with Gasteiger partial charge >= 0.3 is 0 Å². The van der Waals surface area contributed by atoms with Crippen molar-refractivity contribution in [3.05, 3.63) is 126 Å². The predicted octanol–water partition coefficient (Wildman–Crippen LogP) is 7.19. The second-order valence-corrected chi connectivity index (χ2v) is 8.02. The molecule has 4 nitrogen and oxygen atoms in total. The Bertz CT molecular complexity index is 1400. The number of hydrogen-bond acceptors (Lipinski definition) is 3. The first-order valence-corrected chi connectivity index (χ1v) is 10.9. The highest BCUT2D eigenvalue weighted by molar-refractivity contribution is 5.84. The highest BCUT2D eigenvalue weighted by atomic mass is 16.3. The minimum atomic E-state index is 0.423. The van der Waals surface area contributed by atoms with Gasteiger partial charge in [0.05, 0.1) is 0 Å². The maximum atomic E-state index is 10.9. The Balaban J connectivity index is 1.53. The van der Waals surface area contributed by atoms with Gasteiger partial charge in [-0.15, -0.1) is 4.91 Å². The maximum absolute atomic E-state index is 10.9. The average Bonchev–Trinajstić information content (AvgIpc) is 2.89. The summed E-state index contributed by atoms with van der Waals surface area (Å²) in [6.45, 7) is 0. The first kappa shape index (κ1) is 20.6. The van der Waals surface area contributed by atoms with E-state index in [2.05, 4.69) is 101 Å². The molecule has 5 rings (SSSR count). The van der Waals surface area contributed by atoms with Crippen LogP contribution in [0.4, 0.5) is 34.1 Å². The molecular weight excluding hydrogens is 406 g/mol. The summed E-state index contributed by atoms with van der Waals surface area (Å²) in [7, 11) is 1.99. The number of nitrogens with zero attached hydrogens (tertiary/aromatic N) is 2. The van der Waals surface area contributed by atoms with Crippen molar-refractivity contribution in [2.24, 2.45) is 5.18 Å². The standard InChI is InChI=1S/C29H23N3O/c1-31(28-13-7-10-24(21-28)30-33)25-16-18-27(19-17-25)32(26-11-3-2-4-12-26)29-15-14-22-8-5-6-9-23(22)20-29/h2-21H,1H3/p+1. The van der Waals surface area contributed by atoms with Crippen LogP contribution in [0.2, 0.25) is 0 Å². The van der Waals surface area contributed by atoms with Gasteiger partial charge in [0.2, 0.25) is 0 Å². The van der Waals surface area contributed by atoms with Gasteiger partial charge in [0.25, 0.3) is 0 Å². The van der Waals surface area contributed by atoms with E-state index in [0.717, 1.165) is 17.1 Å². The van der Waals surface area contributed by atoms with Crippen LogP contribution in [0, 0.1) is 4.91 Å². The minimum absolute atomic E-state index is 0.423. The Morgan fingerprint density at radius 2 is 1.24 bits per heavy atom. The zero-order chi connectivity index (χ0) is 22.6. The van der Waals surface area contributed by atoms with Gasteiger partial charge in [0, 0.05) is 42.7 Å². The summed E-state index contributed by atoms with van der Waals surface area (Å²) in [5.41, 5.74) is 5.89. The quantitative estimate of drug-likeness (QED) is 0.290. The third kappa shape index (κ3) is 4.25. The fourth-order valence-corrected chi connectivity index (χ4v) is 4.21. The van der Waals surface area contributed by atoms with E-state index in [-0.39, 0.29) is 0 Å².